The highest BCUT2D eigenvalue weighted by Gasteiger charge is 2.02. The molecule has 0 saturated carbocycles. The predicted octanol–water partition coefficient (Wildman–Crippen LogP) is 0.855. The Balaban J connectivity index is 3.12. The molecule has 1 atom stereocenters. The number of hydrogen-bond donors (Lipinski definition) is 2. The summed E-state index contributed by atoms with van der Waals surface area (Å²) in [6, 6.07) is 3.35. The molecule has 0 aliphatic carbocycles. The van der Waals surface area contributed by atoms with Crippen LogP contribution in [-0.4, -0.2) is 5.11 Å². The van der Waals surface area contributed by atoms with Gasteiger partial charge in [0.1, 0.15) is 10.7 Å². The number of nitrogen functional groups attached to an aromatic ring is 1. The van der Waals surface area contributed by atoms with Crippen LogP contribution in [0.1, 0.15) is 0 Å². The topological polar surface area (TPSA) is 46.2 Å². The van der Waals surface area contributed by atoms with E-state index < -0.39 is 10.7 Å². The molecule has 0 fully saturated rings. The van der Waals surface area contributed by atoms with Gasteiger partial charge in [0.2, 0.25) is 0 Å². The first kappa shape index (κ1) is 4.61. The summed E-state index contributed by atoms with van der Waals surface area (Å²) in [5, 5.41) is 16.0. The number of rotatable bonds is 0. The van der Waals surface area contributed by atoms with Gasteiger partial charge >= 0.3 is 5.06 Å². The quantitative estimate of drug-likeness (QED) is 0.494. The number of nitrogens with two attached hydrogens (primary N) is 1. The van der Waals surface area contributed by atoms with Gasteiger partial charge in [0.15, 0.2) is 5.38 Å². The van der Waals surface area contributed by atoms with Crippen molar-refractivity contribution in [1.82, 2.24) is 0 Å². The van der Waals surface area contributed by atoms with E-state index in [4.69, 9.17) is 10.2 Å². The van der Waals surface area contributed by atoms with Gasteiger partial charge in [-0.15, -0.1) is 5.14 Å². The van der Waals surface area contributed by atoms with E-state index in [1.165, 1.54) is 0 Å². The Morgan fingerprint density at radius 1 is 1.71 bits per heavy atom. The molecule has 0 bridgehead atoms. The molecule has 1 aromatic heterocycles. The summed E-state index contributed by atoms with van der Waals surface area (Å²) < 4.78 is 0. The maximum absolute atomic E-state index is 8.68. The minimum Gasteiger partial charge on any atom is -0.467 e. The fourth-order valence-corrected chi connectivity index (χ4v) is 0.978. The summed E-state index contributed by atoms with van der Waals surface area (Å²) in [6.07, 6.45) is 0. The van der Waals surface area contributed by atoms with Crippen molar-refractivity contribution >= 4 is 10.7 Å². The highest BCUT2D eigenvalue weighted by molar-refractivity contribution is 7.31. The van der Waals surface area contributed by atoms with Crippen molar-refractivity contribution in [2.24, 2.45) is 0 Å². The molecule has 3 N–H and O–H groups in total. The third kappa shape index (κ3) is 0.730. The third-order valence-corrected chi connectivity index (χ3v) is 1.77. The molecule has 0 spiro atoms. The van der Waals surface area contributed by atoms with Crippen LogP contribution in [0.3, 0.4) is 0 Å². The van der Waals surface area contributed by atoms with E-state index in [-0.39, 0.29) is 5.06 Å². The van der Waals surface area contributed by atoms with Crippen LogP contribution in [-0.2, 0) is 0 Å². The first-order chi connectivity index (χ1) is 3.30. The van der Waals surface area contributed by atoms with Crippen LogP contribution in [0.15, 0.2) is 17.5 Å². The standard InChI is InChI=1S/C4H5NOS/c5-7-3-1-2-4(7)6/h1-3H,5H2/p+1. The van der Waals surface area contributed by atoms with Gasteiger partial charge in [-0.05, 0) is 0 Å². The Kier molecular flexibility index (Phi) is 1.00. The minimum atomic E-state index is -0.481. The van der Waals surface area contributed by atoms with Crippen molar-refractivity contribution in [1.29, 1.82) is 0 Å². The molecule has 1 aromatic rings. The lowest BCUT2D eigenvalue weighted by molar-refractivity contribution is 0.490. The predicted molar refractivity (Wildman–Crippen MR) is 30.7 cm³/mol. The Hall–Kier alpha value is -0.540. The Morgan fingerprint density at radius 2 is 2.43 bits per heavy atom. The second-order valence-electron chi connectivity index (χ2n) is 1.21. The molecule has 0 amide bonds. The summed E-state index contributed by atoms with van der Waals surface area (Å²) in [4.78, 5) is 0. The monoisotopic (exact) mass is 116 g/mol. The highest BCUT2D eigenvalue weighted by Crippen LogP contribution is 2.23. The summed E-state index contributed by atoms with van der Waals surface area (Å²) in [5.41, 5.74) is 0. The van der Waals surface area contributed by atoms with Crippen LogP contribution in [0.4, 0.5) is 0 Å². The summed E-state index contributed by atoms with van der Waals surface area (Å²) in [5.74, 6) is 0. The van der Waals surface area contributed by atoms with Crippen LogP contribution >= 0.6 is 10.7 Å². The minimum absolute atomic E-state index is 0.278. The van der Waals surface area contributed by atoms with Crippen molar-refractivity contribution in [3.63, 3.8) is 0 Å². The molecule has 0 radical (unpaired) electrons. The summed E-state index contributed by atoms with van der Waals surface area (Å²) in [6.45, 7) is 0. The third-order valence-electron chi connectivity index (χ3n) is 0.705. The molecule has 2 nitrogen and oxygen atoms in total. The number of hydrogen-bond acceptors (Lipinski definition) is 2. The van der Waals surface area contributed by atoms with Crippen molar-refractivity contribution in [2.75, 3.05) is 5.14 Å². The molecule has 7 heavy (non-hydrogen) atoms. The van der Waals surface area contributed by atoms with Gasteiger partial charge in [-0.25, -0.2) is 0 Å². The summed E-state index contributed by atoms with van der Waals surface area (Å²) in [7, 11) is -0.481. The lowest BCUT2D eigenvalue weighted by Crippen LogP contribution is -1.72. The van der Waals surface area contributed by atoms with Crippen molar-refractivity contribution in [3.05, 3.63) is 17.5 Å². The van der Waals surface area contributed by atoms with Gasteiger partial charge in [-0.3, -0.25) is 0 Å². The van der Waals surface area contributed by atoms with Gasteiger partial charge in [0, 0.05) is 12.1 Å². The lowest BCUT2D eigenvalue weighted by Gasteiger charge is -1.69. The Morgan fingerprint density at radius 3 is 2.57 bits per heavy atom. The molecular weight excluding hydrogens is 110 g/mol. The van der Waals surface area contributed by atoms with E-state index in [2.05, 4.69) is 0 Å². The van der Waals surface area contributed by atoms with Gasteiger partial charge in [0.05, 0.1) is 0 Å². The van der Waals surface area contributed by atoms with E-state index in [1.807, 2.05) is 0 Å². The zero-order valence-corrected chi connectivity index (χ0v) is 4.48. The fourth-order valence-electron chi connectivity index (χ4n) is 0.355. The molecule has 3 heteroatoms. The van der Waals surface area contributed by atoms with Gasteiger partial charge < -0.3 is 5.11 Å². The largest absolute Gasteiger partial charge is 0.467 e. The van der Waals surface area contributed by atoms with Crippen molar-refractivity contribution < 1.29 is 5.11 Å². The van der Waals surface area contributed by atoms with Gasteiger partial charge in [-0.2, -0.15) is 0 Å². The lowest BCUT2D eigenvalue weighted by atomic mass is 10.7. The Bertz CT molecular complexity index is 144. The molecule has 1 rings (SSSR count). The van der Waals surface area contributed by atoms with Crippen LogP contribution in [0.25, 0.3) is 0 Å². The molecule has 0 aliphatic heterocycles. The first-order valence-corrected chi connectivity index (χ1v) is 3.21. The maximum Gasteiger partial charge on any atom is 0.347 e. The SMILES string of the molecule is N[s+]1cccc1O. The van der Waals surface area contributed by atoms with E-state index in [1.54, 1.807) is 17.5 Å². The van der Waals surface area contributed by atoms with E-state index in [0.717, 1.165) is 0 Å². The molecule has 1 heterocycles. The van der Waals surface area contributed by atoms with Gasteiger partial charge in [-0.1, -0.05) is 0 Å². The first-order valence-electron chi connectivity index (χ1n) is 1.85. The molecule has 0 saturated heterocycles. The van der Waals surface area contributed by atoms with E-state index >= 15 is 0 Å². The number of aromatic hydroxyl groups is 1. The van der Waals surface area contributed by atoms with Crippen molar-refractivity contribution in [3.8, 4) is 5.06 Å². The van der Waals surface area contributed by atoms with Crippen LogP contribution in [0.2, 0.25) is 0 Å². The fraction of sp³-hybridized carbons (Fsp3) is 0. The maximum atomic E-state index is 8.68. The zero-order valence-electron chi connectivity index (χ0n) is 3.66. The number of thiophene rings is 1. The Labute approximate surface area is 44.3 Å². The molecule has 0 aliphatic rings. The molecule has 1 unspecified atom stereocenters. The average molecular weight is 116 g/mol. The van der Waals surface area contributed by atoms with Crippen LogP contribution in [0.5, 0.6) is 5.06 Å². The normalized spacial score (nSPS) is 11.9. The second-order valence-corrected chi connectivity index (χ2v) is 2.64. The molecule has 38 valence electrons. The second kappa shape index (κ2) is 1.52. The van der Waals surface area contributed by atoms with Crippen LogP contribution in [0, 0.1) is 0 Å². The molecule has 0 aromatic carbocycles. The van der Waals surface area contributed by atoms with Crippen molar-refractivity contribution in [2.45, 2.75) is 0 Å². The smallest absolute Gasteiger partial charge is 0.347 e. The average Bonchev–Trinajstić information content (AvgIpc) is 1.91. The van der Waals surface area contributed by atoms with Crippen LogP contribution < -0.4 is 5.14 Å². The zero-order chi connectivity index (χ0) is 5.28. The highest BCUT2D eigenvalue weighted by atomic mass is 32.2. The van der Waals surface area contributed by atoms with Gasteiger partial charge in [0.25, 0.3) is 0 Å². The summed E-state index contributed by atoms with van der Waals surface area (Å²) >= 11 is 0. The van der Waals surface area contributed by atoms with E-state index in [9.17, 15) is 0 Å². The van der Waals surface area contributed by atoms with E-state index in [0.29, 0.717) is 0 Å². The molecular formula is C4H6NOS+.